The highest BCUT2D eigenvalue weighted by Gasteiger charge is 2.09. The molecule has 0 atom stereocenters. The van der Waals surface area contributed by atoms with Crippen LogP contribution in [0, 0.1) is 0 Å². The zero-order chi connectivity index (χ0) is 11.0. The summed E-state index contributed by atoms with van der Waals surface area (Å²) in [5.41, 5.74) is 8.18. The normalized spacial score (nSPS) is 10.5. The third kappa shape index (κ3) is 1.70. The second-order valence-electron chi connectivity index (χ2n) is 3.24. The lowest BCUT2D eigenvalue weighted by Gasteiger charge is -2.05. The van der Waals surface area contributed by atoms with E-state index in [1.165, 1.54) is 0 Å². The fourth-order valence-corrected chi connectivity index (χ4v) is 1.84. The number of nitrogens with two attached hydrogens (primary N) is 1. The van der Waals surface area contributed by atoms with Crippen LogP contribution in [0.3, 0.4) is 0 Å². The Balaban J connectivity index is 2.59. The predicted molar refractivity (Wildman–Crippen MR) is 62.4 cm³/mol. The maximum absolute atomic E-state index is 9.38. The van der Waals surface area contributed by atoms with Gasteiger partial charge in [0.05, 0.1) is 22.1 Å². The molecule has 0 spiro atoms. The number of hydrogen-bond acceptors (Lipinski definition) is 3. The standard InChI is InChI=1S/C10H10BrN3O/c1-14-10(8(12)5-13-14)6-2-3-9(15)7(11)4-6/h2-5,15H,12H2,1H3. The number of aryl methyl sites for hydroxylation is 1. The van der Waals surface area contributed by atoms with Crippen molar-refractivity contribution in [1.29, 1.82) is 0 Å². The van der Waals surface area contributed by atoms with Gasteiger partial charge in [-0.05, 0) is 34.1 Å². The van der Waals surface area contributed by atoms with Crippen LogP contribution in [0.1, 0.15) is 0 Å². The zero-order valence-electron chi connectivity index (χ0n) is 8.11. The Morgan fingerprint density at radius 3 is 2.73 bits per heavy atom. The van der Waals surface area contributed by atoms with E-state index in [0.29, 0.717) is 10.2 Å². The third-order valence-corrected chi connectivity index (χ3v) is 2.82. The average Bonchev–Trinajstić information content (AvgIpc) is 2.52. The summed E-state index contributed by atoms with van der Waals surface area (Å²) in [6, 6.07) is 5.22. The van der Waals surface area contributed by atoms with Crippen LogP contribution in [0.4, 0.5) is 5.69 Å². The molecule has 0 bridgehead atoms. The van der Waals surface area contributed by atoms with Crippen LogP contribution in [0.15, 0.2) is 28.9 Å². The first-order valence-electron chi connectivity index (χ1n) is 4.36. The molecule has 0 radical (unpaired) electrons. The summed E-state index contributed by atoms with van der Waals surface area (Å²) < 4.78 is 2.34. The first-order chi connectivity index (χ1) is 7.09. The molecule has 1 heterocycles. The van der Waals surface area contributed by atoms with Crippen LogP contribution in [0.5, 0.6) is 5.75 Å². The lowest BCUT2D eigenvalue weighted by Crippen LogP contribution is -1.95. The van der Waals surface area contributed by atoms with Gasteiger partial charge >= 0.3 is 0 Å². The molecule has 0 aliphatic carbocycles. The van der Waals surface area contributed by atoms with Crippen molar-refractivity contribution in [2.45, 2.75) is 0 Å². The molecule has 1 aromatic heterocycles. The summed E-state index contributed by atoms with van der Waals surface area (Å²) in [4.78, 5) is 0. The molecule has 15 heavy (non-hydrogen) atoms. The fraction of sp³-hybridized carbons (Fsp3) is 0.100. The molecule has 78 valence electrons. The Kier molecular flexibility index (Phi) is 2.40. The van der Waals surface area contributed by atoms with Crippen molar-refractivity contribution in [3.63, 3.8) is 0 Å². The summed E-state index contributed by atoms with van der Waals surface area (Å²) in [5.74, 6) is 0.208. The molecule has 5 heteroatoms. The van der Waals surface area contributed by atoms with Crippen molar-refractivity contribution in [3.8, 4) is 17.0 Å². The summed E-state index contributed by atoms with van der Waals surface area (Å²) in [7, 11) is 1.83. The number of nitrogen functional groups attached to an aromatic ring is 1. The van der Waals surface area contributed by atoms with Gasteiger partial charge in [-0.15, -0.1) is 0 Å². The van der Waals surface area contributed by atoms with Crippen LogP contribution in [-0.2, 0) is 7.05 Å². The van der Waals surface area contributed by atoms with Gasteiger partial charge in [-0.25, -0.2) is 0 Å². The molecule has 0 saturated carbocycles. The number of phenolic OH excluding ortho intramolecular Hbond substituents is 1. The Morgan fingerprint density at radius 2 is 2.20 bits per heavy atom. The molecule has 3 N–H and O–H groups in total. The summed E-state index contributed by atoms with van der Waals surface area (Å²) in [6.45, 7) is 0. The molecule has 1 aromatic carbocycles. The van der Waals surface area contributed by atoms with Crippen LogP contribution in [0.25, 0.3) is 11.3 Å². The minimum Gasteiger partial charge on any atom is -0.507 e. The molecule has 0 saturated heterocycles. The quantitative estimate of drug-likeness (QED) is 0.832. The number of phenols is 1. The van der Waals surface area contributed by atoms with Gasteiger partial charge < -0.3 is 10.8 Å². The van der Waals surface area contributed by atoms with Gasteiger partial charge in [-0.1, -0.05) is 0 Å². The maximum Gasteiger partial charge on any atom is 0.129 e. The average molecular weight is 268 g/mol. The van der Waals surface area contributed by atoms with E-state index in [1.807, 2.05) is 13.1 Å². The van der Waals surface area contributed by atoms with Crippen molar-refractivity contribution in [2.75, 3.05) is 5.73 Å². The number of aromatic nitrogens is 2. The Morgan fingerprint density at radius 1 is 1.47 bits per heavy atom. The van der Waals surface area contributed by atoms with E-state index in [2.05, 4.69) is 21.0 Å². The van der Waals surface area contributed by atoms with Crippen LogP contribution < -0.4 is 5.73 Å². The monoisotopic (exact) mass is 267 g/mol. The van der Waals surface area contributed by atoms with Gasteiger partial charge in [0, 0.05) is 12.6 Å². The Labute approximate surface area is 95.5 Å². The molecule has 2 aromatic rings. The minimum atomic E-state index is 0.208. The van der Waals surface area contributed by atoms with Gasteiger partial charge in [0.2, 0.25) is 0 Å². The summed E-state index contributed by atoms with van der Waals surface area (Å²) >= 11 is 3.26. The molecule has 0 unspecified atom stereocenters. The summed E-state index contributed by atoms with van der Waals surface area (Å²) in [5, 5.41) is 13.4. The van der Waals surface area contributed by atoms with Crippen LogP contribution in [-0.4, -0.2) is 14.9 Å². The van der Waals surface area contributed by atoms with Crippen molar-refractivity contribution < 1.29 is 5.11 Å². The fourth-order valence-electron chi connectivity index (χ4n) is 1.46. The number of rotatable bonds is 1. The molecule has 0 amide bonds. The molecular weight excluding hydrogens is 258 g/mol. The highest BCUT2D eigenvalue weighted by atomic mass is 79.9. The molecule has 0 aliphatic heterocycles. The van der Waals surface area contributed by atoms with E-state index >= 15 is 0 Å². The van der Waals surface area contributed by atoms with E-state index < -0.39 is 0 Å². The molecule has 0 fully saturated rings. The number of anilines is 1. The van der Waals surface area contributed by atoms with E-state index in [0.717, 1.165) is 11.3 Å². The topological polar surface area (TPSA) is 64.1 Å². The van der Waals surface area contributed by atoms with E-state index in [9.17, 15) is 5.11 Å². The van der Waals surface area contributed by atoms with Gasteiger partial charge in [-0.2, -0.15) is 5.10 Å². The maximum atomic E-state index is 9.38. The van der Waals surface area contributed by atoms with Crippen molar-refractivity contribution in [3.05, 3.63) is 28.9 Å². The summed E-state index contributed by atoms with van der Waals surface area (Å²) in [6.07, 6.45) is 1.61. The predicted octanol–water partition coefficient (Wildman–Crippen LogP) is 2.14. The SMILES string of the molecule is Cn1ncc(N)c1-c1ccc(O)c(Br)c1. The van der Waals surface area contributed by atoms with E-state index in [4.69, 9.17) is 5.73 Å². The lowest BCUT2D eigenvalue weighted by molar-refractivity contribution is 0.472. The third-order valence-electron chi connectivity index (χ3n) is 2.19. The molecular formula is C10H10BrN3O. The van der Waals surface area contributed by atoms with Crippen molar-refractivity contribution in [2.24, 2.45) is 7.05 Å². The van der Waals surface area contributed by atoms with Crippen LogP contribution in [0.2, 0.25) is 0 Å². The van der Waals surface area contributed by atoms with Crippen molar-refractivity contribution >= 4 is 21.6 Å². The Hall–Kier alpha value is -1.49. The number of halogens is 1. The lowest BCUT2D eigenvalue weighted by atomic mass is 10.1. The number of hydrogen-bond donors (Lipinski definition) is 2. The van der Waals surface area contributed by atoms with E-state index in [1.54, 1.807) is 23.0 Å². The van der Waals surface area contributed by atoms with Gasteiger partial charge in [-0.3, -0.25) is 4.68 Å². The second kappa shape index (κ2) is 3.58. The molecule has 2 rings (SSSR count). The number of nitrogens with zero attached hydrogens (tertiary/aromatic N) is 2. The second-order valence-corrected chi connectivity index (χ2v) is 4.09. The highest BCUT2D eigenvalue weighted by Crippen LogP contribution is 2.31. The van der Waals surface area contributed by atoms with Gasteiger partial charge in [0.15, 0.2) is 0 Å². The van der Waals surface area contributed by atoms with Gasteiger partial charge in [0.1, 0.15) is 5.75 Å². The minimum absolute atomic E-state index is 0.208. The highest BCUT2D eigenvalue weighted by molar-refractivity contribution is 9.10. The zero-order valence-corrected chi connectivity index (χ0v) is 9.69. The first-order valence-corrected chi connectivity index (χ1v) is 5.15. The molecule has 4 nitrogen and oxygen atoms in total. The molecule has 0 aliphatic rings. The largest absolute Gasteiger partial charge is 0.507 e. The van der Waals surface area contributed by atoms with E-state index in [-0.39, 0.29) is 5.75 Å². The number of benzene rings is 1. The van der Waals surface area contributed by atoms with Crippen molar-refractivity contribution in [1.82, 2.24) is 9.78 Å². The van der Waals surface area contributed by atoms with Gasteiger partial charge in [0.25, 0.3) is 0 Å². The number of aromatic hydroxyl groups is 1. The van der Waals surface area contributed by atoms with Crippen LogP contribution >= 0.6 is 15.9 Å². The Bertz CT molecular complexity index is 488. The first kappa shape index (κ1) is 10.0. The smallest absolute Gasteiger partial charge is 0.129 e.